The Hall–Kier alpha value is -2.29. The summed E-state index contributed by atoms with van der Waals surface area (Å²) in [4.78, 5) is 13.8. The van der Waals surface area contributed by atoms with Gasteiger partial charge in [0.05, 0.1) is 0 Å². The quantitative estimate of drug-likeness (QED) is 0.864. The van der Waals surface area contributed by atoms with E-state index in [0.717, 1.165) is 24.3 Å². The van der Waals surface area contributed by atoms with Crippen LogP contribution in [0.25, 0.3) is 0 Å². The molecular weight excluding hydrogens is 248 g/mol. The van der Waals surface area contributed by atoms with Crippen LogP contribution in [0.3, 0.4) is 0 Å². The number of benzene rings is 2. The minimum Gasteiger partial charge on any atom is -0.388 e. The second kappa shape index (κ2) is 5.00. The van der Waals surface area contributed by atoms with Gasteiger partial charge >= 0.3 is 0 Å². The number of carbonyl (C=O) groups is 1. The molecule has 0 fully saturated rings. The van der Waals surface area contributed by atoms with Crippen molar-refractivity contribution < 1.29 is 4.79 Å². The zero-order chi connectivity index (χ0) is 14.1. The zero-order valence-corrected chi connectivity index (χ0v) is 11.8. The van der Waals surface area contributed by atoms with Gasteiger partial charge in [-0.05, 0) is 36.2 Å². The third kappa shape index (κ3) is 2.16. The van der Waals surface area contributed by atoms with Gasteiger partial charge in [-0.1, -0.05) is 24.3 Å². The Balaban J connectivity index is 1.92. The largest absolute Gasteiger partial charge is 0.388 e. The number of anilines is 2. The fraction of sp³-hybridized carbons (Fsp3) is 0.235. The third-order valence-electron chi connectivity index (χ3n) is 3.87. The van der Waals surface area contributed by atoms with Gasteiger partial charge in [0, 0.05) is 37.1 Å². The molecule has 1 heterocycles. The van der Waals surface area contributed by atoms with Crippen molar-refractivity contribution in [1.82, 2.24) is 0 Å². The molecule has 3 rings (SSSR count). The van der Waals surface area contributed by atoms with Crippen LogP contribution in [0.4, 0.5) is 11.4 Å². The highest BCUT2D eigenvalue weighted by Gasteiger charge is 2.21. The molecule has 1 N–H and O–H groups in total. The van der Waals surface area contributed by atoms with Crippen LogP contribution in [-0.4, -0.2) is 12.8 Å². The Morgan fingerprint density at radius 2 is 1.95 bits per heavy atom. The zero-order valence-electron chi connectivity index (χ0n) is 11.8. The Bertz CT molecular complexity index is 664. The highest BCUT2D eigenvalue weighted by atomic mass is 16.1. The van der Waals surface area contributed by atoms with Crippen LogP contribution in [0.5, 0.6) is 0 Å². The van der Waals surface area contributed by atoms with Gasteiger partial charge in [0.15, 0.2) is 5.78 Å². The molecule has 0 radical (unpaired) electrons. The minimum absolute atomic E-state index is 0.111. The Kier molecular flexibility index (Phi) is 3.18. The fourth-order valence-electron chi connectivity index (χ4n) is 2.76. The number of hydrogen-bond donors (Lipinski definition) is 1. The smallest absolute Gasteiger partial charge is 0.159 e. The lowest BCUT2D eigenvalue weighted by molar-refractivity contribution is 0.101. The Morgan fingerprint density at radius 3 is 2.70 bits per heavy atom. The molecule has 0 saturated carbocycles. The number of Topliss-reactive ketones (excluding diaryl/α,β-unsaturated/α-hetero) is 1. The first-order valence-electron chi connectivity index (χ1n) is 6.83. The monoisotopic (exact) mass is 266 g/mol. The van der Waals surface area contributed by atoms with Crippen molar-refractivity contribution in [2.45, 2.75) is 20.0 Å². The number of fused-ring (bicyclic) bond motifs is 1. The van der Waals surface area contributed by atoms with E-state index in [1.807, 2.05) is 25.2 Å². The van der Waals surface area contributed by atoms with Crippen molar-refractivity contribution in [3.63, 3.8) is 0 Å². The van der Waals surface area contributed by atoms with Crippen LogP contribution >= 0.6 is 0 Å². The molecule has 3 heteroatoms. The summed E-state index contributed by atoms with van der Waals surface area (Å²) in [5.41, 5.74) is 5.77. The maximum Gasteiger partial charge on any atom is 0.159 e. The van der Waals surface area contributed by atoms with Crippen molar-refractivity contribution >= 4 is 17.2 Å². The molecule has 0 unspecified atom stereocenters. The first kappa shape index (κ1) is 12.7. The molecule has 2 aromatic carbocycles. The molecule has 102 valence electrons. The average molecular weight is 266 g/mol. The summed E-state index contributed by atoms with van der Waals surface area (Å²) in [6, 6.07) is 14.2. The summed E-state index contributed by atoms with van der Waals surface area (Å²) in [7, 11) is 1.95. The molecule has 2 aromatic rings. The number of hydrogen-bond acceptors (Lipinski definition) is 3. The van der Waals surface area contributed by atoms with Crippen molar-refractivity contribution in [1.29, 1.82) is 0 Å². The van der Waals surface area contributed by atoms with E-state index in [0.29, 0.717) is 0 Å². The van der Waals surface area contributed by atoms with Gasteiger partial charge in [-0.2, -0.15) is 0 Å². The number of ketones is 1. The molecule has 0 spiro atoms. The van der Waals surface area contributed by atoms with Crippen LogP contribution in [0.15, 0.2) is 42.5 Å². The normalized spacial score (nSPS) is 13.2. The first-order valence-corrected chi connectivity index (χ1v) is 6.83. The topological polar surface area (TPSA) is 32.3 Å². The summed E-state index contributed by atoms with van der Waals surface area (Å²) < 4.78 is 0. The van der Waals surface area contributed by atoms with Crippen LogP contribution in [0.2, 0.25) is 0 Å². The fourth-order valence-corrected chi connectivity index (χ4v) is 2.76. The van der Waals surface area contributed by atoms with E-state index in [-0.39, 0.29) is 5.78 Å². The third-order valence-corrected chi connectivity index (χ3v) is 3.87. The lowest BCUT2D eigenvalue weighted by atomic mass is 10.1. The van der Waals surface area contributed by atoms with Crippen molar-refractivity contribution in [3.8, 4) is 0 Å². The minimum atomic E-state index is 0.111. The molecule has 20 heavy (non-hydrogen) atoms. The van der Waals surface area contributed by atoms with Gasteiger partial charge in [-0.15, -0.1) is 0 Å². The van der Waals surface area contributed by atoms with E-state index in [9.17, 15) is 4.79 Å². The van der Waals surface area contributed by atoms with E-state index in [4.69, 9.17) is 0 Å². The lowest BCUT2D eigenvalue weighted by Gasteiger charge is -2.18. The summed E-state index contributed by atoms with van der Waals surface area (Å²) in [5.74, 6) is 0.111. The molecular formula is C17H18N2O. The predicted octanol–water partition coefficient (Wildman–Crippen LogP) is 3.45. The van der Waals surface area contributed by atoms with E-state index in [1.165, 1.54) is 16.8 Å². The Labute approximate surface area is 119 Å². The van der Waals surface area contributed by atoms with Crippen molar-refractivity contribution in [2.24, 2.45) is 0 Å². The summed E-state index contributed by atoms with van der Waals surface area (Å²) in [5, 5.41) is 3.25. The number of carbonyl (C=O) groups excluding carboxylic acids is 1. The van der Waals surface area contributed by atoms with E-state index in [2.05, 4.69) is 34.5 Å². The maximum atomic E-state index is 11.5. The highest BCUT2D eigenvalue weighted by Crippen LogP contribution is 2.32. The van der Waals surface area contributed by atoms with Gasteiger partial charge in [0.2, 0.25) is 0 Å². The molecule has 0 aliphatic carbocycles. The number of nitrogens with one attached hydrogen (secondary N) is 1. The Morgan fingerprint density at radius 1 is 1.15 bits per heavy atom. The molecule has 0 bridgehead atoms. The van der Waals surface area contributed by atoms with Crippen molar-refractivity contribution in [3.05, 3.63) is 59.2 Å². The van der Waals surface area contributed by atoms with Crippen LogP contribution in [0, 0.1) is 0 Å². The molecule has 1 aliphatic heterocycles. The van der Waals surface area contributed by atoms with Crippen LogP contribution in [-0.2, 0) is 13.1 Å². The van der Waals surface area contributed by atoms with Gasteiger partial charge in [-0.25, -0.2) is 0 Å². The molecule has 0 aromatic heterocycles. The maximum absolute atomic E-state index is 11.5. The van der Waals surface area contributed by atoms with E-state index >= 15 is 0 Å². The second-order valence-corrected chi connectivity index (χ2v) is 5.16. The number of rotatable bonds is 3. The first-order chi connectivity index (χ1) is 9.69. The molecule has 0 atom stereocenters. The SMILES string of the molecule is CNc1cccc2c1CN(c1cccc(C(C)=O)c1)C2. The molecule has 0 saturated heterocycles. The predicted molar refractivity (Wildman–Crippen MR) is 82.3 cm³/mol. The standard InChI is InChI=1S/C17H18N2O/c1-12(20)13-5-3-7-15(9-13)19-10-14-6-4-8-17(18-2)16(14)11-19/h3-9,18H,10-11H2,1-2H3. The van der Waals surface area contributed by atoms with E-state index < -0.39 is 0 Å². The molecule has 1 aliphatic rings. The number of nitrogens with zero attached hydrogens (tertiary/aromatic N) is 1. The van der Waals surface area contributed by atoms with Gasteiger partial charge < -0.3 is 10.2 Å². The lowest BCUT2D eigenvalue weighted by Crippen LogP contribution is -2.15. The summed E-state index contributed by atoms with van der Waals surface area (Å²) >= 11 is 0. The van der Waals surface area contributed by atoms with Crippen LogP contribution < -0.4 is 10.2 Å². The molecule has 0 amide bonds. The van der Waals surface area contributed by atoms with Gasteiger partial charge in [-0.3, -0.25) is 4.79 Å². The van der Waals surface area contributed by atoms with E-state index in [1.54, 1.807) is 6.92 Å². The second-order valence-electron chi connectivity index (χ2n) is 5.16. The van der Waals surface area contributed by atoms with Gasteiger partial charge in [0.1, 0.15) is 0 Å². The average Bonchev–Trinajstić information content (AvgIpc) is 2.91. The summed E-state index contributed by atoms with van der Waals surface area (Å²) in [6.45, 7) is 3.39. The molecule has 3 nitrogen and oxygen atoms in total. The van der Waals surface area contributed by atoms with Gasteiger partial charge in [0.25, 0.3) is 0 Å². The van der Waals surface area contributed by atoms with Crippen molar-refractivity contribution in [2.75, 3.05) is 17.3 Å². The summed E-state index contributed by atoms with van der Waals surface area (Å²) in [6.07, 6.45) is 0. The van der Waals surface area contributed by atoms with Crippen LogP contribution in [0.1, 0.15) is 28.4 Å². The highest BCUT2D eigenvalue weighted by molar-refractivity contribution is 5.95.